The Hall–Kier alpha value is -2.80. The van der Waals surface area contributed by atoms with Crippen LogP contribution in [0.2, 0.25) is 0 Å². The van der Waals surface area contributed by atoms with Gasteiger partial charge in [-0.15, -0.1) is 0 Å². The van der Waals surface area contributed by atoms with Crippen LogP contribution in [0.1, 0.15) is 17.2 Å². The molecular formula is C18H18F2N2O3. The molecule has 2 rings (SSSR count). The zero-order valence-corrected chi connectivity index (χ0v) is 13.8. The number of anilines is 1. The van der Waals surface area contributed by atoms with E-state index in [2.05, 4.69) is 5.32 Å². The average Bonchev–Trinajstić information content (AvgIpc) is 2.59. The SMILES string of the molecule is CO[C@@H](CNC(=O)C(=O)Nc1cc(F)ccc1F)c1ccccc1C. The number of halogens is 2. The van der Waals surface area contributed by atoms with Crippen LogP contribution in [0, 0.1) is 18.6 Å². The zero-order valence-electron chi connectivity index (χ0n) is 13.8. The molecule has 2 aromatic rings. The molecule has 0 radical (unpaired) electrons. The second kappa shape index (κ2) is 8.34. The molecule has 25 heavy (non-hydrogen) atoms. The molecule has 0 bridgehead atoms. The van der Waals surface area contributed by atoms with E-state index in [1.165, 1.54) is 7.11 Å². The van der Waals surface area contributed by atoms with Crippen molar-refractivity contribution in [3.8, 4) is 0 Å². The Morgan fingerprint density at radius 2 is 1.84 bits per heavy atom. The van der Waals surface area contributed by atoms with Crippen molar-refractivity contribution in [1.82, 2.24) is 5.32 Å². The van der Waals surface area contributed by atoms with Crippen LogP contribution in [-0.2, 0) is 14.3 Å². The van der Waals surface area contributed by atoms with Gasteiger partial charge in [0, 0.05) is 19.7 Å². The molecule has 7 heteroatoms. The number of hydrogen-bond acceptors (Lipinski definition) is 3. The predicted molar refractivity (Wildman–Crippen MR) is 88.9 cm³/mol. The third-order valence-corrected chi connectivity index (χ3v) is 3.65. The van der Waals surface area contributed by atoms with Gasteiger partial charge in [-0.3, -0.25) is 9.59 Å². The summed E-state index contributed by atoms with van der Waals surface area (Å²) in [6, 6.07) is 10.1. The summed E-state index contributed by atoms with van der Waals surface area (Å²) in [5.74, 6) is -3.63. The largest absolute Gasteiger partial charge is 0.375 e. The molecule has 2 N–H and O–H groups in total. The summed E-state index contributed by atoms with van der Waals surface area (Å²) >= 11 is 0. The zero-order chi connectivity index (χ0) is 18.4. The smallest absolute Gasteiger partial charge is 0.313 e. The maximum Gasteiger partial charge on any atom is 0.313 e. The van der Waals surface area contributed by atoms with Gasteiger partial charge in [-0.05, 0) is 30.2 Å². The quantitative estimate of drug-likeness (QED) is 0.817. The van der Waals surface area contributed by atoms with Crippen molar-refractivity contribution in [2.45, 2.75) is 13.0 Å². The number of nitrogens with one attached hydrogen (secondary N) is 2. The highest BCUT2D eigenvalue weighted by atomic mass is 19.1. The van der Waals surface area contributed by atoms with Gasteiger partial charge < -0.3 is 15.4 Å². The van der Waals surface area contributed by atoms with E-state index in [1.54, 1.807) is 0 Å². The van der Waals surface area contributed by atoms with Crippen LogP contribution < -0.4 is 10.6 Å². The molecule has 0 aliphatic rings. The number of carbonyl (C=O) groups is 2. The third-order valence-electron chi connectivity index (χ3n) is 3.65. The van der Waals surface area contributed by atoms with E-state index in [0.29, 0.717) is 0 Å². The number of methoxy groups -OCH3 is 1. The van der Waals surface area contributed by atoms with Gasteiger partial charge in [0.25, 0.3) is 0 Å². The highest BCUT2D eigenvalue weighted by Crippen LogP contribution is 2.19. The fourth-order valence-electron chi connectivity index (χ4n) is 2.31. The summed E-state index contributed by atoms with van der Waals surface area (Å²) < 4.78 is 31.9. The Bertz CT molecular complexity index is 781. The van der Waals surface area contributed by atoms with E-state index < -0.39 is 35.2 Å². The van der Waals surface area contributed by atoms with Crippen LogP contribution in [0.3, 0.4) is 0 Å². The van der Waals surface area contributed by atoms with Gasteiger partial charge in [0.1, 0.15) is 11.6 Å². The van der Waals surface area contributed by atoms with Crippen molar-refractivity contribution in [3.05, 3.63) is 65.2 Å². The van der Waals surface area contributed by atoms with Crippen LogP contribution in [0.4, 0.5) is 14.5 Å². The van der Waals surface area contributed by atoms with E-state index in [0.717, 1.165) is 29.3 Å². The van der Waals surface area contributed by atoms with Gasteiger partial charge in [-0.25, -0.2) is 8.78 Å². The number of ether oxygens (including phenoxy) is 1. The summed E-state index contributed by atoms with van der Waals surface area (Å²) in [6.45, 7) is 1.96. The first-order valence-electron chi connectivity index (χ1n) is 7.55. The monoisotopic (exact) mass is 348 g/mol. The number of hydrogen-bond donors (Lipinski definition) is 2. The maximum absolute atomic E-state index is 13.5. The Labute approximate surface area is 144 Å². The minimum Gasteiger partial charge on any atom is -0.375 e. The number of amides is 2. The average molecular weight is 348 g/mol. The lowest BCUT2D eigenvalue weighted by molar-refractivity contribution is -0.136. The van der Waals surface area contributed by atoms with Gasteiger partial charge >= 0.3 is 11.8 Å². The van der Waals surface area contributed by atoms with Gasteiger partial charge in [0.15, 0.2) is 0 Å². The molecule has 0 fully saturated rings. The molecule has 2 amide bonds. The first-order chi connectivity index (χ1) is 11.9. The fourth-order valence-corrected chi connectivity index (χ4v) is 2.31. The first kappa shape index (κ1) is 18.5. The molecule has 0 aliphatic carbocycles. The normalized spacial score (nSPS) is 11.7. The fraction of sp³-hybridized carbons (Fsp3) is 0.222. The molecule has 0 saturated heterocycles. The Morgan fingerprint density at radius 3 is 2.52 bits per heavy atom. The van der Waals surface area contributed by atoms with Gasteiger partial charge in [0.2, 0.25) is 0 Å². The maximum atomic E-state index is 13.5. The minimum absolute atomic E-state index is 0.0548. The van der Waals surface area contributed by atoms with Crippen molar-refractivity contribution in [3.63, 3.8) is 0 Å². The number of carbonyl (C=O) groups excluding carboxylic acids is 2. The van der Waals surface area contributed by atoms with Gasteiger partial charge in [-0.1, -0.05) is 24.3 Å². The Morgan fingerprint density at radius 1 is 1.12 bits per heavy atom. The van der Waals surface area contributed by atoms with Crippen molar-refractivity contribution in [2.24, 2.45) is 0 Å². The van der Waals surface area contributed by atoms with E-state index >= 15 is 0 Å². The molecule has 0 aromatic heterocycles. The van der Waals surface area contributed by atoms with Crippen molar-refractivity contribution < 1.29 is 23.1 Å². The van der Waals surface area contributed by atoms with E-state index in [1.807, 2.05) is 36.5 Å². The molecule has 5 nitrogen and oxygen atoms in total. The summed E-state index contributed by atoms with van der Waals surface area (Å²) in [5.41, 5.74) is 1.46. The lowest BCUT2D eigenvalue weighted by Crippen LogP contribution is -2.38. The first-order valence-corrected chi connectivity index (χ1v) is 7.55. The minimum atomic E-state index is -1.09. The van der Waals surface area contributed by atoms with Gasteiger partial charge in [0.05, 0.1) is 11.8 Å². The van der Waals surface area contributed by atoms with Crippen molar-refractivity contribution in [1.29, 1.82) is 0 Å². The van der Waals surface area contributed by atoms with Crippen LogP contribution in [0.5, 0.6) is 0 Å². The van der Waals surface area contributed by atoms with Crippen LogP contribution in [0.25, 0.3) is 0 Å². The van der Waals surface area contributed by atoms with Crippen molar-refractivity contribution in [2.75, 3.05) is 19.0 Å². The second-order valence-corrected chi connectivity index (χ2v) is 5.37. The molecule has 0 unspecified atom stereocenters. The van der Waals surface area contributed by atoms with Crippen LogP contribution in [0.15, 0.2) is 42.5 Å². The summed E-state index contributed by atoms with van der Waals surface area (Å²) in [4.78, 5) is 23.7. The lowest BCUT2D eigenvalue weighted by atomic mass is 10.0. The third kappa shape index (κ3) is 4.84. The van der Waals surface area contributed by atoms with Crippen LogP contribution >= 0.6 is 0 Å². The predicted octanol–water partition coefficient (Wildman–Crippen LogP) is 2.72. The van der Waals surface area contributed by atoms with Gasteiger partial charge in [-0.2, -0.15) is 0 Å². The number of benzene rings is 2. The lowest BCUT2D eigenvalue weighted by Gasteiger charge is -2.18. The second-order valence-electron chi connectivity index (χ2n) is 5.37. The van der Waals surface area contributed by atoms with E-state index in [-0.39, 0.29) is 6.54 Å². The number of aryl methyl sites for hydroxylation is 1. The number of rotatable bonds is 5. The van der Waals surface area contributed by atoms with Crippen molar-refractivity contribution >= 4 is 17.5 Å². The molecule has 132 valence electrons. The molecule has 1 atom stereocenters. The summed E-state index contributed by atoms with van der Waals surface area (Å²) in [6.07, 6.45) is -0.441. The molecule has 0 spiro atoms. The molecular weight excluding hydrogens is 330 g/mol. The highest BCUT2D eigenvalue weighted by molar-refractivity contribution is 6.39. The molecule has 2 aromatic carbocycles. The Kier molecular flexibility index (Phi) is 6.19. The topological polar surface area (TPSA) is 67.4 Å². The molecule has 0 aliphatic heterocycles. The summed E-state index contributed by atoms with van der Waals surface area (Å²) in [5, 5.41) is 4.46. The highest BCUT2D eigenvalue weighted by Gasteiger charge is 2.19. The summed E-state index contributed by atoms with van der Waals surface area (Å²) in [7, 11) is 1.49. The van der Waals surface area contributed by atoms with Crippen LogP contribution in [-0.4, -0.2) is 25.5 Å². The Balaban J connectivity index is 1.98. The standard InChI is InChI=1S/C18H18F2N2O3/c1-11-5-3-4-6-13(11)16(25-2)10-21-17(23)18(24)22-15-9-12(19)7-8-14(15)20/h3-9,16H,10H2,1-2H3,(H,21,23)(H,22,24)/t16-/m0/s1. The van der Waals surface area contributed by atoms with E-state index in [9.17, 15) is 18.4 Å². The van der Waals surface area contributed by atoms with E-state index in [4.69, 9.17) is 4.74 Å². The molecule has 0 saturated carbocycles. The molecule has 0 heterocycles.